The topological polar surface area (TPSA) is 17.1 Å². The molecule has 4 aliphatic carbocycles. The summed E-state index contributed by atoms with van der Waals surface area (Å²) in [5.74, 6) is 2.13. The molecule has 4 fully saturated rings. The van der Waals surface area contributed by atoms with Crippen molar-refractivity contribution in [1.82, 2.24) is 0 Å². The van der Waals surface area contributed by atoms with Crippen molar-refractivity contribution >= 4 is 5.78 Å². The number of carbonyl (C=O) groups is 1. The van der Waals surface area contributed by atoms with Crippen LogP contribution in [-0.4, -0.2) is 5.78 Å². The summed E-state index contributed by atoms with van der Waals surface area (Å²) < 4.78 is 0. The Balaban J connectivity index is 2.15. The van der Waals surface area contributed by atoms with Crippen molar-refractivity contribution in [1.29, 1.82) is 0 Å². The Morgan fingerprint density at radius 3 is 2.44 bits per heavy atom. The van der Waals surface area contributed by atoms with Gasteiger partial charge in [-0.05, 0) is 48.3 Å². The fourth-order valence-electron chi connectivity index (χ4n) is 5.40. The van der Waals surface area contributed by atoms with Crippen LogP contribution < -0.4 is 0 Å². The first-order valence-corrected chi connectivity index (χ1v) is 6.88. The van der Waals surface area contributed by atoms with Crippen LogP contribution in [0, 0.1) is 28.1 Å². The fourth-order valence-corrected chi connectivity index (χ4v) is 5.40. The van der Waals surface area contributed by atoms with Gasteiger partial charge in [-0.2, -0.15) is 0 Å². The quantitative estimate of drug-likeness (QED) is 0.606. The van der Waals surface area contributed by atoms with Gasteiger partial charge in [0.1, 0.15) is 5.78 Å². The van der Waals surface area contributed by atoms with Crippen molar-refractivity contribution in [2.24, 2.45) is 28.1 Å². The maximum atomic E-state index is 12.5. The molecule has 0 aliphatic heterocycles. The third kappa shape index (κ3) is 0.889. The molecular weight excluding hydrogens is 196 g/mol. The molecule has 0 aromatic carbocycles. The Hall–Kier alpha value is -0.330. The van der Waals surface area contributed by atoms with Crippen LogP contribution in [0.5, 0.6) is 0 Å². The third-order valence-corrected chi connectivity index (χ3v) is 7.05. The highest BCUT2D eigenvalue weighted by molar-refractivity contribution is 5.88. The van der Waals surface area contributed by atoms with E-state index in [0.717, 1.165) is 24.7 Å². The number of ketones is 1. The van der Waals surface area contributed by atoms with Crippen LogP contribution >= 0.6 is 0 Å². The van der Waals surface area contributed by atoms with Gasteiger partial charge in [-0.1, -0.05) is 27.7 Å². The van der Waals surface area contributed by atoms with Crippen molar-refractivity contribution in [2.45, 2.75) is 59.8 Å². The second-order valence-corrected chi connectivity index (χ2v) is 7.42. The third-order valence-electron chi connectivity index (χ3n) is 7.05. The highest BCUT2D eigenvalue weighted by atomic mass is 16.1. The van der Waals surface area contributed by atoms with E-state index < -0.39 is 0 Å². The van der Waals surface area contributed by atoms with Gasteiger partial charge in [0, 0.05) is 11.8 Å². The van der Waals surface area contributed by atoms with Crippen LogP contribution in [0.4, 0.5) is 0 Å². The Kier molecular flexibility index (Phi) is 1.85. The fraction of sp³-hybridized carbons (Fsp3) is 0.933. The smallest absolute Gasteiger partial charge is 0.139 e. The SMILES string of the molecule is C[C@@H]1CCC2C(C)(C)C3(C)CC[C@]21CC3=O. The number of rotatable bonds is 0. The van der Waals surface area contributed by atoms with Crippen LogP contribution in [0.3, 0.4) is 0 Å². The summed E-state index contributed by atoms with van der Waals surface area (Å²) in [6, 6.07) is 0. The van der Waals surface area contributed by atoms with Crippen molar-refractivity contribution < 1.29 is 4.79 Å². The van der Waals surface area contributed by atoms with E-state index in [-0.39, 0.29) is 10.8 Å². The predicted octanol–water partition coefficient (Wildman–Crippen LogP) is 3.82. The van der Waals surface area contributed by atoms with Gasteiger partial charge in [0.25, 0.3) is 0 Å². The summed E-state index contributed by atoms with van der Waals surface area (Å²) in [6.45, 7) is 9.35. The van der Waals surface area contributed by atoms with E-state index in [2.05, 4.69) is 27.7 Å². The number of hydrogen-bond acceptors (Lipinski definition) is 1. The molecule has 0 aromatic rings. The summed E-state index contributed by atoms with van der Waals surface area (Å²) in [7, 11) is 0. The zero-order chi connectivity index (χ0) is 11.8. The largest absolute Gasteiger partial charge is 0.299 e. The number of carbonyl (C=O) groups excluding carboxylic acids is 1. The van der Waals surface area contributed by atoms with Gasteiger partial charge in [0.15, 0.2) is 0 Å². The van der Waals surface area contributed by atoms with Crippen LogP contribution in [-0.2, 0) is 4.79 Å². The monoisotopic (exact) mass is 220 g/mol. The second-order valence-electron chi connectivity index (χ2n) is 7.42. The van der Waals surface area contributed by atoms with E-state index in [9.17, 15) is 4.79 Å². The second kappa shape index (κ2) is 2.73. The van der Waals surface area contributed by atoms with E-state index >= 15 is 0 Å². The average Bonchev–Trinajstić information content (AvgIpc) is 2.51. The Labute approximate surface area is 99.0 Å². The van der Waals surface area contributed by atoms with Crippen LogP contribution in [0.1, 0.15) is 59.8 Å². The summed E-state index contributed by atoms with van der Waals surface area (Å²) >= 11 is 0. The summed E-state index contributed by atoms with van der Waals surface area (Å²) in [5, 5.41) is 0. The summed E-state index contributed by atoms with van der Waals surface area (Å²) in [6.07, 6.45) is 6.04. The first-order valence-electron chi connectivity index (χ1n) is 6.88. The summed E-state index contributed by atoms with van der Waals surface area (Å²) in [4.78, 5) is 12.5. The minimum atomic E-state index is -0.0243. The Morgan fingerprint density at radius 2 is 1.81 bits per heavy atom. The molecule has 4 rings (SSSR count). The first-order chi connectivity index (χ1) is 7.34. The molecule has 1 spiro atoms. The molecular formula is C15H24O. The number of hydrogen-bond donors (Lipinski definition) is 0. The van der Waals surface area contributed by atoms with Crippen molar-refractivity contribution in [2.75, 3.05) is 0 Å². The van der Waals surface area contributed by atoms with E-state index in [1.165, 1.54) is 19.3 Å². The van der Waals surface area contributed by atoms with E-state index in [4.69, 9.17) is 0 Å². The minimum absolute atomic E-state index is 0.0243. The standard InChI is InChI=1S/C15H24O/c1-10-5-6-11-13(2,3)14(4)7-8-15(10,11)9-12(14)16/h10-11H,5-9H2,1-4H3/t10-,11?,14?,15-/m1/s1. The van der Waals surface area contributed by atoms with Crippen LogP contribution in [0.2, 0.25) is 0 Å². The van der Waals surface area contributed by atoms with Gasteiger partial charge in [-0.25, -0.2) is 0 Å². The molecule has 90 valence electrons. The van der Waals surface area contributed by atoms with Crippen LogP contribution in [0.25, 0.3) is 0 Å². The van der Waals surface area contributed by atoms with Gasteiger partial charge >= 0.3 is 0 Å². The lowest BCUT2D eigenvalue weighted by Crippen LogP contribution is -2.62. The molecule has 16 heavy (non-hydrogen) atoms. The lowest BCUT2D eigenvalue weighted by molar-refractivity contribution is -0.179. The summed E-state index contributed by atoms with van der Waals surface area (Å²) in [5.41, 5.74) is 0.590. The molecule has 1 nitrogen and oxygen atoms in total. The zero-order valence-corrected chi connectivity index (χ0v) is 11.1. The normalized spacial score (nSPS) is 54.1. The molecule has 2 unspecified atom stereocenters. The molecule has 1 heteroatoms. The number of fused-ring (bicyclic) bond motifs is 2. The van der Waals surface area contributed by atoms with E-state index in [1.807, 2.05) is 0 Å². The van der Waals surface area contributed by atoms with E-state index in [0.29, 0.717) is 11.2 Å². The first kappa shape index (κ1) is 10.8. The molecule has 4 aliphatic rings. The van der Waals surface area contributed by atoms with Gasteiger partial charge in [-0.15, -0.1) is 0 Å². The lowest BCUT2D eigenvalue weighted by atomic mass is 9.39. The maximum absolute atomic E-state index is 12.5. The number of Topliss-reactive ketones (excluding diaryl/α,β-unsaturated/α-hetero) is 1. The zero-order valence-electron chi connectivity index (χ0n) is 11.1. The molecule has 0 radical (unpaired) electrons. The molecule has 0 amide bonds. The molecule has 4 atom stereocenters. The molecule has 0 N–H and O–H groups in total. The van der Waals surface area contributed by atoms with Crippen LogP contribution in [0.15, 0.2) is 0 Å². The predicted molar refractivity (Wildman–Crippen MR) is 65.1 cm³/mol. The highest BCUT2D eigenvalue weighted by Crippen LogP contribution is 2.72. The average molecular weight is 220 g/mol. The Morgan fingerprint density at radius 1 is 1.12 bits per heavy atom. The minimum Gasteiger partial charge on any atom is -0.299 e. The molecule has 0 aromatic heterocycles. The molecule has 2 bridgehead atoms. The van der Waals surface area contributed by atoms with Gasteiger partial charge < -0.3 is 0 Å². The highest BCUT2D eigenvalue weighted by Gasteiger charge is 2.68. The Bertz CT molecular complexity index is 356. The van der Waals surface area contributed by atoms with E-state index in [1.54, 1.807) is 0 Å². The molecule has 0 heterocycles. The van der Waals surface area contributed by atoms with Crippen molar-refractivity contribution in [3.63, 3.8) is 0 Å². The van der Waals surface area contributed by atoms with Gasteiger partial charge in [0.2, 0.25) is 0 Å². The van der Waals surface area contributed by atoms with Crippen molar-refractivity contribution in [3.8, 4) is 0 Å². The lowest BCUT2D eigenvalue weighted by Gasteiger charge is -2.64. The van der Waals surface area contributed by atoms with Crippen molar-refractivity contribution in [3.05, 3.63) is 0 Å². The molecule has 0 saturated heterocycles. The molecule has 4 saturated carbocycles. The maximum Gasteiger partial charge on any atom is 0.139 e. The van der Waals surface area contributed by atoms with Gasteiger partial charge in [-0.3, -0.25) is 4.79 Å². The van der Waals surface area contributed by atoms with Gasteiger partial charge in [0.05, 0.1) is 0 Å².